The number of rotatable bonds is 6. The Bertz CT molecular complexity index is 1630. The summed E-state index contributed by atoms with van der Waals surface area (Å²) in [4.78, 5) is 40.9. The van der Waals surface area contributed by atoms with Gasteiger partial charge in [-0.2, -0.15) is 0 Å². The summed E-state index contributed by atoms with van der Waals surface area (Å²) in [5, 5.41) is 3.86. The van der Waals surface area contributed by atoms with E-state index in [4.69, 9.17) is 21.1 Å². The molecule has 0 bridgehead atoms. The molecule has 1 saturated heterocycles. The molecule has 190 valence electrons. The molecule has 0 saturated carbocycles. The number of carbonyl (C=O) groups is 3. The van der Waals surface area contributed by atoms with Crippen molar-refractivity contribution >= 4 is 63.9 Å². The van der Waals surface area contributed by atoms with Crippen LogP contribution in [0.1, 0.15) is 5.56 Å². The van der Waals surface area contributed by atoms with Crippen molar-refractivity contribution in [2.24, 2.45) is 0 Å². The molecule has 0 aliphatic carbocycles. The molecule has 1 N–H and O–H groups in total. The molecule has 4 amide bonds. The fourth-order valence-corrected chi connectivity index (χ4v) is 5.42. The van der Waals surface area contributed by atoms with Crippen molar-refractivity contribution in [3.63, 3.8) is 0 Å². The Morgan fingerprint density at radius 2 is 1.76 bits per heavy atom. The number of urea groups is 1. The molecule has 8 nitrogen and oxygen atoms in total. The van der Waals surface area contributed by atoms with Crippen LogP contribution in [0.3, 0.4) is 0 Å². The summed E-state index contributed by atoms with van der Waals surface area (Å²) in [5.41, 5.74) is 1.82. The van der Waals surface area contributed by atoms with Gasteiger partial charge in [-0.15, -0.1) is 11.8 Å². The summed E-state index contributed by atoms with van der Waals surface area (Å²) >= 11 is 7.69. The maximum Gasteiger partial charge on any atom is 0.335 e. The molecule has 4 aromatic rings. The number of aryl methyl sites for hydroxylation is 1. The number of para-hydroxylation sites is 1. The number of fused-ring (bicyclic) bond motifs is 2. The topological polar surface area (TPSA) is 89.9 Å². The van der Waals surface area contributed by atoms with E-state index in [0.29, 0.717) is 28.6 Å². The minimum Gasteiger partial charge on any atom is -0.454 e. The normalized spacial score (nSPS) is 16.0. The second-order valence-electron chi connectivity index (χ2n) is 8.59. The number of aromatic nitrogens is 1. The van der Waals surface area contributed by atoms with Crippen LogP contribution in [0.5, 0.6) is 11.5 Å². The number of barbiturate groups is 1. The fraction of sp³-hybridized carbons (Fsp3) is 0.107. The first kappa shape index (κ1) is 24.1. The number of carbonyl (C=O) groups excluding carboxylic acids is 3. The van der Waals surface area contributed by atoms with E-state index in [9.17, 15) is 14.4 Å². The van der Waals surface area contributed by atoms with Gasteiger partial charge in [-0.05, 0) is 48.5 Å². The Kier molecular flexibility index (Phi) is 6.30. The third-order valence-electron chi connectivity index (χ3n) is 6.25. The second-order valence-corrected chi connectivity index (χ2v) is 10.2. The van der Waals surface area contributed by atoms with Gasteiger partial charge in [0.25, 0.3) is 11.8 Å². The highest BCUT2D eigenvalue weighted by Crippen LogP contribution is 2.36. The summed E-state index contributed by atoms with van der Waals surface area (Å²) in [7, 11) is 0. The largest absolute Gasteiger partial charge is 0.454 e. The lowest BCUT2D eigenvalue weighted by molar-refractivity contribution is -0.122. The molecule has 10 heteroatoms. The van der Waals surface area contributed by atoms with E-state index < -0.39 is 17.8 Å². The fourth-order valence-electron chi connectivity index (χ4n) is 4.44. The minimum absolute atomic E-state index is 0.0604. The first-order valence-electron chi connectivity index (χ1n) is 11.8. The Morgan fingerprint density at radius 3 is 2.61 bits per heavy atom. The van der Waals surface area contributed by atoms with Crippen LogP contribution >= 0.6 is 23.4 Å². The number of hydrogen-bond acceptors (Lipinski definition) is 6. The van der Waals surface area contributed by atoms with Crippen LogP contribution in [0.2, 0.25) is 5.02 Å². The summed E-state index contributed by atoms with van der Waals surface area (Å²) in [5.74, 6) is 0.291. The van der Waals surface area contributed by atoms with E-state index in [-0.39, 0.29) is 18.1 Å². The molecule has 6 rings (SSSR count). The van der Waals surface area contributed by atoms with E-state index in [2.05, 4.69) is 9.88 Å². The van der Waals surface area contributed by atoms with Gasteiger partial charge in [0.1, 0.15) is 5.57 Å². The zero-order valence-electron chi connectivity index (χ0n) is 19.8. The van der Waals surface area contributed by atoms with Crippen LogP contribution in [0.4, 0.5) is 10.5 Å². The monoisotopic (exact) mass is 545 g/mol. The van der Waals surface area contributed by atoms with E-state index in [1.807, 2.05) is 54.7 Å². The molecule has 0 unspecified atom stereocenters. The van der Waals surface area contributed by atoms with Crippen LogP contribution < -0.4 is 19.7 Å². The lowest BCUT2D eigenvalue weighted by atomic mass is 10.1. The van der Waals surface area contributed by atoms with Crippen LogP contribution in [0, 0.1) is 0 Å². The Balaban J connectivity index is 1.30. The first-order valence-corrected chi connectivity index (χ1v) is 13.1. The van der Waals surface area contributed by atoms with Crippen molar-refractivity contribution in [1.82, 2.24) is 9.88 Å². The van der Waals surface area contributed by atoms with Gasteiger partial charge in [-0.1, -0.05) is 29.8 Å². The number of halogens is 1. The zero-order valence-corrected chi connectivity index (χ0v) is 21.4. The Morgan fingerprint density at radius 1 is 0.974 bits per heavy atom. The molecule has 0 radical (unpaired) electrons. The SMILES string of the molecule is O=C1NC(=O)N(c2ccc3c(c2)OCO3)C(=O)/C1=C/c1cn(CCSc2ccc(Cl)cc2)c2ccccc12. The lowest BCUT2D eigenvalue weighted by Gasteiger charge is -2.26. The molecule has 38 heavy (non-hydrogen) atoms. The van der Waals surface area contributed by atoms with E-state index in [1.54, 1.807) is 23.9 Å². The predicted octanol–water partition coefficient (Wildman–Crippen LogP) is 5.48. The first-order chi connectivity index (χ1) is 18.5. The quantitative estimate of drug-likeness (QED) is 0.196. The highest BCUT2D eigenvalue weighted by atomic mass is 35.5. The second kappa shape index (κ2) is 9.92. The predicted molar refractivity (Wildman–Crippen MR) is 146 cm³/mol. The average Bonchev–Trinajstić information content (AvgIpc) is 3.52. The number of anilines is 1. The van der Waals surface area contributed by atoms with Crippen molar-refractivity contribution in [2.45, 2.75) is 11.4 Å². The number of imide groups is 2. The van der Waals surface area contributed by atoms with E-state index in [1.165, 1.54) is 12.1 Å². The van der Waals surface area contributed by atoms with Gasteiger partial charge < -0.3 is 14.0 Å². The Hall–Kier alpha value is -4.21. The minimum atomic E-state index is -0.822. The number of benzene rings is 3. The Labute approximate surface area is 226 Å². The maximum absolute atomic E-state index is 13.4. The lowest BCUT2D eigenvalue weighted by Crippen LogP contribution is -2.54. The molecule has 1 fully saturated rings. The molecule has 2 aliphatic rings. The summed E-state index contributed by atoms with van der Waals surface area (Å²) in [6.07, 6.45) is 3.46. The summed E-state index contributed by atoms with van der Waals surface area (Å²) in [6.45, 7) is 0.768. The molecular formula is C28H20ClN3O5S. The van der Waals surface area contributed by atoms with Crippen LogP contribution in [-0.2, 0) is 16.1 Å². The van der Waals surface area contributed by atoms with Crippen molar-refractivity contribution < 1.29 is 23.9 Å². The van der Waals surface area contributed by atoms with Gasteiger partial charge in [0.2, 0.25) is 6.79 Å². The third kappa shape index (κ3) is 4.51. The van der Waals surface area contributed by atoms with Crippen LogP contribution in [-0.4, -0.2) is 35.0 Å². The molecule has 0 spiro atoms. The number of hydrogen-bond donors (Lipinski definition) is 1. The van der Waals surface area contributed by atoms with E-state index >= 15 is 0 Å². The van der Waals surface area contributed by atoms with Crippen LogP contribution in [0.15, 0.2) is 83.4 Å². The van der Waals surface area contributed by atoms with Gasteiger partial charge in [0.15, 0.2) is 11.5 Å². The number of nitrogens with zero attached hydrogens (tertiary/aromatic N) is 2. The number of thioether (sulfide) groups is 1. The van der Waals surface area contributed by atoms with Crippen molar-refractivity contribution in [2.75, 3.05) is 17.4 Å². The standard InChI is InChI=1S/C28H20ClN3O5S/c29-18-5-8-20(9-6-18)38-12-11-31-15-17(21-3-1-2-4-23(21)31)13-22-26(33)30-28(35)32(27(22)34)19-7-10-24-25(14-19)37-16-36-24/h1-10,13-15H,11-12,16H2,(H,30,33,35)/b22-13+. The van der Waals surface area contributed by atoms with Gasteiger partial charge >= 0.3 is 6.03 Å². The number of amides is 4. The smallest absolute Gasteiger partial charge is 0.335 e. The number of ether oxygens (including phenoxy) is 2. The highest BCUT2D eigenvalue weighted by molar-refractivity contribution is 7.99. The average molecular weight is 546 g/mol. The molecule has 3 aromatic carbocycles. The van der Waals surface area contributed by atoms with Crippen LogP contribution in [0.25, 0.3) is 17.0 Å². The zero-order chi connectivity index (χ0) is 26.2. The van der Waals surface area contributed by atoms with Gasteiger partial charge in [-0.3, -0.25) is 14.9 Å². The maximum atomic E-state index is 13.4. The van der Waals surface area contributed by atoms with Gasteiger partial charge in [0.05, 0.1) is 5.69 Å². The molecular weight excluding hydrogens is 526 g/mol. The number of nitrogens with one attached hydrogen (secondary N) is 1. The van der Waals surface area contributed by atoms with Crippen molar-refractivity contribution in [3.05, 3.63) is 89.1 Å². The molecule has 2 aliphatic heterocycles. The molecule has 1 aromatic heterocycles. The molecule has 0 atom stereocenters. The van der Waals surface area contributed by atoms with Gasteiger partial charge in [0, 0.05) is 50.9 Å². The van der Waals surface area contributed by atoms with Gasteiger partial charge in [-0.25, -0.2) is 9.69 Å². The summed E-state index contributed by atoms with van der Waals surface area (Å²) in [6, 6.07) is 19.4. The van der Waals surface area contributed by atoms with Crippen molar-refractivity contribution in [3.8, 4) is 11.5 Å². The highest BCUT2D eigenvalue weighted by Gasteiger charge is 2.37. The van der Waals surface area contributed by atoms with E-state index in [0.717, 1.165) is 26.5 Å². The third-order valence-corrected chi connectivity index (χ3v) is 7.49. The molecule has 3 heterocycles. The van der Waals surface area contributed by atoms with Crippen molar-refractivity contribution in [1.29, 1.82) is 0 Å². The summed E-state index contributed by atoms with van der Waals surface area (Å²) < 4.78 is 12.8.